The van der Waals surface area contributed by atoms with Crippen LogP contribution in [0.3, 0.4) is 0 Å². The molecule has 0 aromatic heterocycles. The van der Waals surface area contributed by atoms with Crippen molar-refractivity contribution < 1.29 is 27.1 Å². The molecule has 2 amide bonds. The summed E-state index contributed by atoms with van der Waals surface area (Å²) < 4.78 is 45.4. The van der Waals surface area contributed by atoms with Crippen molar-refractivity contribution in [1.29, 1.82) is 0 Å². The van der Waals surface area contributed by atoms with Crippen molar-refractivity contribution in [3.63, 3.8) is 0 Å². The number of anilines is 1. The van der Waals surface area contributed by atoms with Gasteiger partial charge in [0.25, 0.3) is 0 Å². The fourth-order valence-electron chi connectivity index (χ4n) is 4.53. The highest BCUT2D eigenvalue weighted by Crippen LogP contribution is 2.33. The number of nitrogens with one attached hydrogen (secondary N) is 1. The molecular weight excluding hydrogens is 521 g/mol. The summed E-state index contributed by atoms with van der Waals surface area (Å²) in [5, 5.41) is 3.31. The van der Waals surface area contributed by atoms with E-state index in [1.807, 2.05) is 0 Å². The first kappa shape index (κ1) is 28.7. The van der Waals surface area contributed by atoms with Crippen molar-refractivity contribution in [3.05, 3.63) is 58.9 Å². The van der Waals surface area contributed by atoms with Crippen molar-refractivity contribution in [2.45, 2.75) is 57.7 Å². The molecule has 0 radical (unpaired) electrons. The predicted molar refractivity (Wildman–Crippen MR) is 142 cm³/mol. The highest BCUT2D eigenvalue weighted by Gasteiger charge is 2.33. The lowest BCUT2D eigenvalue weighted by atomic mass is 10.1. The highest BCUT2D eigenvalue weighted by molar-refractivity contribution is 7.92. The molecule has 11 heteroatoms. The minimum absolute atomic E-state index is 0.0000106. The summed E-state index contributed by atoms with van der Waals surface area (Å²) in [6.45, 7) is 1.21. The number of carbonyl (C=O) groups is 2. The van der Waals surface area contributed by atoms with E-state index in [2.05, 4.69) is 5.32 Å². The normalized spacial score (nSPS) is 14.7. The van der Waals surface area contributed by atoms with Crippen molar-refractivity contribution in [2.75, 3.05) is 24.2 Å². The van der Waals surface area contributed by atoms with Gasteiger partial charge in [-0.3, -0.25) is 13.9 Å². The zero-order valence-corrected chi connectivity index (χ0v) is 22.8. The van der Waals surface area contributed by atoms with Crippen LogP contribution in [0.4, 0.5) is 10.1 Å². The van der Waals surface area contributed by atoms with Gasteiger partial charge in [-0.25, -0.2) is 12.8 Å². The molecule has 8 nitrogen and oxygen atoms in total. The zero-order valence-electron chi connectivity index (χ0n) is 21.2. The molecule has 202 valence electrons. The minimum Gasteiger partial charge on any atom is -0.495 e. The second-order valence-electron chi connectivity index (χ2n) is 9.15. The largest absolute Gasteiger partial charge is 0.495 e. The third-order valence-corrected chi connectivity index (χ3v) is 7.80. The molecule has 1 saturated carbocycles. The van der Waals surface area contributed by atoms with Crippen LogP contribution in [0.25, 0.3) is 0 Å². The van der Waals surface area contributed by atoms with Crippen LogP contribution in [0.15, 0.2) is 42.5 Å². The molecule has 0 spiro atoms. The third-order valence-electron chi connectivity index (χ3n) is 6.44. The third kappa shape index (κ3) is 7.58. The Hall–Kier alpha value is -2.85. The summed E-state index contributed by atoms with van der Waals surface area (Å²) in [4.78, 5) is 28.4. The van der Waals surface area contributed by atoms with Crippen LogP contribution in [-0.2, 0) is 26.2 Å². The topological polar surface area (TPSA) is 96.0 Å². The first-order valence-corrected chi connectivity index (χ1v) is 14.4. The van der Waals surface area contributed by atoms with Crippen molar-refractivity contribution in [3.8, 4) is 5.75 Å². The summed E-state index contributed by atoms with van der Waals surface area (Å²) in [7, 11) is -2.56. The number of sulfonamides is 1. The Morgan fingerprint density at radius 1 is 1.16 bits per heavy atom. The van der Waals surface area contributed by atoms with Crippen molar-refractivity contribution in [1.82, 2.24) is 10.2 Å². The highest BCUT2D eigenvalue weighted by atomic mass is 35.5. The number of nitrogens with zero attached hydrogens (tertiary/aromatic N) is 2. The standard InChI is InChI=1S/C26H33ClFN3O5S/c1-4-22(26(33)29-21-7-5-6-8-21)30(16-18-9-12-20(28)13-10-18)25(32)17-31(37(3,34)35)23-15-19(27)11-14-24(23)36-2/h9-15,21-22H,4-8,16-17H2,1-3H3,(H,29,33)/t22-/m0/s1. The van der Waals surface area contributed by atoms with Gasteiger partial charge >= 0.3 is 0 Å². The molecule has 2 aromatic carbocycles. The Balaban J connectivity index is 1.96. The molecule has 1 N–H and O–H groups in total. The minimum atomic E-state index is -3.95. The summed E-state index contributed by atoms with van der Waals surface area (Å²) >= 11 is 6.13. The molecule has 1 aliphatic carbocycles. The summed E-state index contributed by atoms with van der Waals surface area (Å²) in [5.74, 6) is -1.09. The number of amides is 2. The lowest BCUT2D eigenvalue weighted by Gasteiger charge is -2.33. The molecule has 0 bridgehead atoms. The maximum atomic E-state index is 13.8. The van der Waals surface area contributed by atoms with Crippen LogP contribution in [0.2, 0.25) is 5.02 Å². The van der Waals surface area contributed by atoms with Crippen molar-refractivity contribution >= 4 is 39.1 Å². The fraction of sp³-hybridized carbons (Fsp3) is 0.462. The van der Waals surface area contributed by atoms with E-state index in [0.29, 0.717) is 12.0 Å². The Labute approximate surface area is 222 Å². The van der Waals surface area contributed by atoms with Gasteiger partial charge in [0.15, 0.2) is 0 Å². The molecule has 1 fully saturated rings. The van der Waals surface area contributed by atoms with Crippen molar-refractivity contribution in [2.24, 2.45) is 0 Å². The maximum Gasteiger partial charge on any atom is 0.244 e. The van der Waals surface area contributed by atoms with Gasteiger partial charge in [-0.15, -0.1) is 0 Å². The number of carbonyl (C=O) groups excluding carboxylic acids is 2. The van der Waals surface area contributed by atoms with E-state index < -0.39 is 34.3 Å². The Morgan fingerprint density at radius 2 is 1.81 bits per heavy atom. The van der Waals surface area contributed by atoms with E-state index in [0.717, 1.165) is 36.2 Å². The summed E-state index contributed by atoms with van der Waals surface area (Å²) in [6.07, 6.45) is 5.12. The van der Waals surface area contributed by atoms with Crippen LogP contribution in [0, 0.1) is 5.82 Å². The molecule has 1 atom stereocenters. The number of hydrogen-bond acceptors (Lipinski definition) is 5. The van der Waals surface area contributed by atoms with Crippen LogP contribution in [-0.4, -0.2) is 57.1 Å². The van der Waals surface area contributed by atoms with Crippen LogP contribution in [0.1, 0.15) is 44.6 Å². The molecule has 37 heavy (non-hydrogen) atoms. The van der Waals surface area contributed by atoms with Gasteiger partial charge in [0.05, 0.1) is 19.1 Å². The van der Waals surface area contributed by atoms with E-state index in [1.165, 1.54) is 48.4 Å². The van der Waals surface area contributed by atoms with Gasteiger partial charge in [-0.1, -0.05) is 43.5 Å². The van der Waals surface area contributed by atoms with E-state index in [1.54, 1.807) is 13.0 Å². The second kappa shape index (κ2) is 12.6. The van der Waals surface area contributed by atoms with Crippen LogP contribution < -0.4 is 14.4 Å². The molecule has 2 aromatic rings. The van der Waals surface area contributed by atoms with E-state index >= 15 is 0 Å². The molecule has 0 heterocycles. The average molecular weight is 554 g/mol. The zero-order chi connectivity index (χ0) is 27.2. The van der Waals surface area contributed by atoms with Gasteiger partial charge in [0.2, 0.25) is 21.8 Å². The van der Waals surface area contributed by atoms with Gasteiger partial charge in [0.1, 0.15) is 24.2 Å². The first-order valence-electron chi connectivity index (χ1n) is 12.2. The fourth-order valence-corrected chi connectivity index (χ4v) is 5.54. The Morgan fingerprint density at radius 3 is 2.38 bits per heavy atom. The number of hydrogen-bond donors (Lipinski definition) is 1. The SMILES string of the molecule is CC[C@@H](C(=O)NC1CCCC1)N(Cc1ccc(F)cc1)C(=O)CN(c1cc(Cl)ccc1OC)S(C)(=O)=O. The molecule has 1 aliphatic rings. The van der Waals surface area contributed by atoms with E-state index in [9.17, 15) is 22.4 Å². The number of methoxy groups -OCH3 is 1. The predicted octanol–water partition coefficient (Wildman–Crippen LogP) is 4.12. The molecule has 0 saturated heterocycles. The quantitative estimate of drug-likeness (QED) is 0.451. The number of rotatable bonds is 11. The average Bonchev–Trinajstić information content (AvgIpc) is 3.35. The van der Waals surface area contributed by atoms with Gasteiger partial charge in [-0.2, -0.15) is 0 Å². The number of ether oxygens (including phenoxy) is 1. The van der Waals surface area contributed by atoms with E-state index in [-0.39, 0.29) is 35.0 Å². The molecule has 0 unspecified atom stereocenters. The summed E-state index contributed by atoms with van der Waals surface area (Å²) in [6, 6.07) is 9.29. The van der Waals surface area contributed by atoms with Crippen LogP contribution >= 0.6 is 11.6 Å². The Kier molecular flexibility index (Phi) is 9.78. The lowest BCUT2D eigenvalue weighted by molar-refractivity contribution is -0.140. The lowest BCUT2D eigenvalue weighted by Crippen LogP contribution is -2.53. The van der Waals surface area contributed by atoms with Crippen LogP contribution in [0.5, 0.6) is 5.75 Å². The van der Waals surface area contributed by atoms with Gasteiger partial charge in [0, 0.05) is 17.6 Å². The molecular formula is C26H33ClFN3O5S. The monoisotopic (exact) mass is 553 g/mol. The second-order valence-corrected chi connectivity index (χ2v) is 11.5. The van der Waals surface area contributed by atoms with Gasteiger partial charge in [-0.05, 0) is 55.2 Å². The number of halogens is 2. The van der Waals surface area contributed by atoms with Gasteiger partial charge < -0.3 is 15.0 Å². The smallest absolute Gasteiger partial charge is 0.244 e. The Bertz CT molecular complexity index is 1200. The maximum absolute atomic E-state index is 13.8. The molecule has 0 aliphatic heterocycles. The molecule has 3 rings (SSSR count). The first-order chi connectivity index (χ1) is 17.5. The van der Waals surface area contributed by atoms with E-state index in [4.69, 9.17) is 16.3 Å². The summed E-state index contributed by atoms with van der Waals surface area (Å²) in [5.41, 5.74) is 0.712. The number of benzene rings is 2.